The van der Waals surface area contributed by atoms with Gasteiger partial charge in [0.2, 0.25) is 11.8 Å². The number of hydrogen-bond donors (Lipinski definition) is 3. The molecule has 3 atom stereocenters. The Kier molecular flexibility index (Phi) is 8.09. The van der Waals surface area contributed by atoms with E-state index in [0.29, 0.717) is 23.7 Å². The number of allylic oxidation sites excluding steroid dienone is 2. The zero-order chi connectivity index (χ0) is 27.4. The Morgan fingerprint density at radius 1 is 0.949 bits per heavy atom. The van der Waals surface area contributed by atoms with E-state index in [1.807, 2.05) is 48.7 Å². The van der Waals surface area contributed by atoms with Gasteiger partial charge in [0.1, 0.15) is 0 Å². The Hall–Kier alpha value is -3.95. The van der Waals surface area contributed by atoms with Gasteiger partial charge in [0, 0.05) is 21.5 Å². The summed E-state index contributed by atoms with van der Waals surface area (Å²) in [5.41, 5.74) is 2.37. The zero-order valence-corrected chi connectivity index (χ0v) is 22.8. The van der Waals surface area contributed by atoms with E-state index in [2.05, 4.69) is 39.9 Å². The summed E-state index contributed by atoms with van der Waals surface area (Å²) in [5.74, 6) is -2.80. The summed E-state index contributed by atoms with van der Waals surface area (Å²) in [6, 6.07) is 21.5. The first-order valence-corrected chi connectivity index (χ1v) is 14.3. The van der Waals surface area contributed by atoms with Crippen LogP contribution in [0.5, 0.6) is 0 Å². The summed E-state index contributed by atoms with van der Waals surface area (Å²) in [6.45, 7) is 1.81. The molecule has 0 aliphatic heterocycles. The number of hydrogen-bond acceptors (Lipinski definition) is 6. The third kappa shape index (κ3) is 6.38. The van der Waals surface area contributed by atoms with Gasteiger partial charge in [-0.2, -0.15) is 0 Å². The molecule has 4 aromatic rings. The molecule has 39 heavy (non-hydrogen) atoms. The monoisotopic (exact) mass is 557 g/mol. The highest BCUT2D eigenvalue weighted by Crippen LogP contribution is 2.31. The van der Waals surface area contributed by atoms with E-state index < -0.39 is 23.1 Å². The van der Waals surface area contributed by atoms with E-state index in [1.54, 1.807) is 18.2 Å². The number of fused-ring (bicyclic) bond motifs is 1. The van der Waals surface area contributed by atoms with Crippen molar-refractivity contribution in [1.82, 2.24) is 4.98 Å². The number of nitrogens with zero attached hydrogens (tertiary/aromatic N) is 1. The van der Waals surface area contributed by atoms with Crippen LogP contribution in [0.25, 0.3) is 22.0 Å². The number of carboxylic acid groups (broad SMARTS) is 1. The first kappa shape index (κ1) is 26.6. The van der Waals surface area contributed by atoms with Crippen LogP contribution >= 0.6 is 23.1 Å². The number of benzene rings is 3. The molecule has 0 bridgehead atoms. The van der Waals surface area contributed by atoms with E-state index in [-0.39, 0.29) is 11.8 Å². The van der Waals surface area contributed by atoms with E-state index in [0.717, 1.165) is 26.9 Å². The lowest BCUT2D eigenvalue weighted by Gasteiger charge is -2.24. The predicted molar refractivity (Wildman–Crippen MR) is 157 cm³/mol. The molecule has 2 amide bonds. The maximum atomic E-state index is 12.9. The van der Waals surface area contributed by atoms with Crippen LogP contribution in [0, 0.1) is 11.8 Å². The number of thioether (sulfide) groups is 1. The van der Waals surface area contributed by atoms with Gasteiger partial charge in [0.05, 0.1) is 22.8 Å². The van der Waals surface area contributed by atoms with Crippen LogP contribution in [0.15, 0.2) is 89.2 Å². The molecule has 9 heteroatoms. The molecule has 7 nitrogen and oxygen atoms in total. The molecule has 3 aromatic carbocycles. The van der Waals surface area contributed by atoms with Crippen molar-refractivity contribution < 1.29 is 19.5 Å². The number of anilines is 2. The van der Waals surface area contributed by atoms with E-state index in [1.165, 1.54) is 23.1 Å². The van der Waals surface area contributed by atoms with Crippen LogP contribution in [0.4, 0.5) is 10.8 Å². The molecule has 0 spiro atoms. The lowest BCUT2D eigenvalue weighted by molar-refractivity contribution is -0.146. The van der Waals surface area contributed by atoms with E-state index in [4.69, 9.17) is 0 Å². The Labute approximate surface area is 234 Å². The van der Waals surface area contributed by atoms with Crippen molar-refractivity contribution in [2.75, 3.05) is 10.6 Å². The normalized spacial score (nSPS) is 17.5. The van der Waals surface area contributed by atoms with Gasteiger partial charge in [0.15, 0.2) is 5.13 Å². The summed E-state index contributed by atoms with van der Waals surface area (Å²) >= 11 is 2.75. The Morgan fingerprint density at radius 3 is 2.51 bits per heavy atom. The number of carbonyl (C=O) groups excluding carboxylic acids is 2. The molecule has 0 saturated carbocycles. The van der Waals surface area contributed by atoms with Crippen LogP contribution < -0.4 is 10.6 Å². The molecule has 3 unspecified atom stereocenters. The van der Waals surface area contributed by atoms with Gasteiger partial charge in [-0.25, -0.2) is 4.98 Å². The maximum absolute atomic E-state index is 12.9. The number of thiazole rings is 1. The number of nitrogens with one attached hydrogen (secondary N) is 2. The van der Waals surface area contributed by atoms with Gasteiger partial charge in [-0.3, -0.25) is 14.4 Å². The van der Waals surface area contributed by atoms with Crippen molar-refractivity contribution in [1.29, 1.82) is 0 Å². The Bertz CT molecular complexity index is 1560. The Morgan fingerprint density at radius 2 is 1.72 bits per heavy atom. The predicted octanol–water partition coefficient (Wildman–Crippen LogP) is 6.69. The smallest absolute Gasteiger partial charge is 0.307 e. The Balaban J connectivity index is 1.19. The zero-order valence-electron chi connectivity index (χ0n) is 21.2. The van der Waals surface area contributed by atoms with Crippen LogP contribution in [-0.4, -0.2) is 33.1 Å². The largest absolute Gasteiger partial charge is 0.481 e. The van der Waals surface area contributed by atoms with Crippen LogP contribution in [-0.2, 0) is 14.4 Å². The first-order valence-electron chi connectivity index (χ1n) is 12.6. The molecule has 0 radical (unpaired) electrons. The second kappa shape index (κ2) is 11.8. The molecule has 1 aromatic heterocycles. The molecular formula is C30H27N3O4S2. The average Bonchev–Trinajstić information content (AvgIpc) is 3.41. The van der Waals surface area contributed by atoms with Crippen molar-refractivity contribution >= 4 is 62.5 Å². The molecule has 0 fully saturated rings. The lowest BCUT2D eigenvalue weighted by Crippen LogP contribution is -2.34. The number of aromatic nitrogens is 1. The van der Waals surface area contributed by atoms with Gasteiger partial charge >= 0.3 is 5.97 Å². The summed E-state index contributed by atoms with van der Waals surface area (Å²) < 4.78 is 0. The maximum Gasteiger partial charge on any atom is 0.307 e. The lowest BCUT2D eigenvalue weighted by atomic mass is 9.82. The molecule has 1 heterocycles. The highest BCUT2D eigenvalue weighted by Gasteiger charge is 2.34. The van der Waals surface area contributed by atoms with E-state index >= 15 is 0 Å². The van der Waals surface area contributed by atoms with Crippen molar-refractivity contribution in [3.05, 3.63) is 84.3 Å². The third-order valence-electron chi connectivity index (χ3n) is 6.65. The molecule has 1 aliphatic carbocycles. The van der Waals surface area contributed by atoms with Gasteiger partial charge in [-0.05, 0) is 54.8 Å². The highest BCUT2D eigenvalue weighted by atomic mass is 32.2. The summed E-state index contributed by atoms with van der Waals surface area (Å²) in [4.78, 5) is 42.7. The molecule has 5 rings (SSSR count). The molecular weight excluding hydrogens is 530 g/mol. The van der Waals surface area contributed by atoms with E-state index in [9.17, 15) is 19.5 Å². The quantitative estimate of drug-likeness (QED) is 0.165. The van der Waals surface area contributed by atoms with Gasteiger partial charge in [-0.15, -0.1) is 23.1 Å². The van der Waals surface area contributed by atoms with Crippen molar-refractivity contribution in [3.63, 3.8) is 0 Å². The number of aliphatic carboxylic acids is 1. The fourth-order valence-electron chi connectivity index (χ4n) is 4.54. The second-order valence-electron chi connectivity index (χ2n) is 9.36. The summed E-state index contributed by atoms with van der Waals surface area (Å²) in [6.07, 6.45) is 4.40. The summed E-state index contributed by atoms with van der Waals surface area (Å²) in [5, 5.41) is 19.6. The molecule has 1 aliphatic rings. The minimum atomic E-state index is -0.965. The highest BCUT2D eigenvalue weighted by molar-refractivity contribution is 8.00. The SMILES string of the molecule is CC(Sc1cccc(NC(=O)C2CC=CCC2C(=O)O)c1)C(=O)Nc1nc(-c2ccc3ccccc3c2)cs1. The van der Waals surface area contributed by atoms with Crippen LogP contribution in [0.2, 0.25) is 0 Å². The number of carboxylic acids is 1. The number of carbonyl (C=O) groups is 3. The van der Waals surface area contributed by atoms with Gasteiger partial charge < -0.3 is 15.7 Å². The number of amides is 2. The van der Waals surface area contributed by atoms with Crippen molar-refractivity contribution in [2.45, 2.75) is 29.9 Å². The number of rotatable bonds is 8. The molecule has 0 saturated heterocycles. The first-order chi connectivity index (χ1) is 18.9. The average molecular weight is 558 g/mol. The van der Waals surface area contributed by atoms with Crippen molar-refractivity contribution in [3.8, 4) is 11.3 Å². The second-order valence-corrected chi connectivity index (χ2v) is 11.6. The standard InChI is InChI=1S/C30H27N3O4S2/c1-18(27(34)33-30-32-26(17-38-30)21-14-13-19-7-2-3-8-20(19)15-21)39-23-10-6-9-22(16-23)31-28(35)24-11-4-5-12-25(24)29(36)37/h2-10,13-18,24-25H,11-12H2,1H3,(H,31,35)(H,36,37)(H,32,33,34). The van der Waals surface area contributed by atoms with Gasteiger partial charge in [0.25, 0.3) is 0 Å². The molecule has 3 N–H and O–H groups in total. The fourth-order valence-corrected chi connectivity index (χ4v) is 6.19. The topological polar surface area (TPSA) is 108 Å². The third-order valence-corrected chi connectivity index (χ3v) is 8.50. The van der Waals surface area contributed by atoms with Gasteiger partial charge in [-0.1, -0.05) is 54.6 Å². The van der Waals surface area contributed by atoms with Crippen LogP contribution in [0.3, 0.4) is 0 Å². The minimum absolute atomic E-state index is 0.174. The molecule has 198 valence electrons. The van der Waals surface area contributed by atoms with Crippen LogP contribution in [0.1, 0.15) is 19.8 Å². The van der Waals surface area contributed by atoms with Crippen molar-refractivity contribution in [2.24, 2.45) is 11.8 Å². The minimum Gasteiger partial charge on any atom is -0.481 e. The summed E-state index contributed by atoms with van der Waals surface area (Å²) in [7, 11) is 0. The fraction of sp³-hybridized carbons (Fsp3) is 0.200.